The van der Waals surface area contributed by atoms with Crippen molar-refractivity contribution in [2.45, 2.75) is 39.2 Å². The van der Waals surface area contributed by atoms with E-state index in [0.717, 1.165) is 25.3 Å². The first-order valence-electron chi connectivity index (χ1n) is 8.44. The largest absolute Gasteiger partial charge is 0.494 e. The Kier molecular flexibility index (Phi) is 4.66. The number of imide groups is 1. The van der Waals surface area contributed by atoms with Crippen LogP contribution in [0, 0.1) is 5.92 Å². The number of nitrogens with zero attached hydrogens (tertiary/aromatic N) is 2. The molecule has 1 aromatic rings. The topological polar surface area (TPSA) is 49.9 Å². The van der Waals surface area contributed by atoms with Crippen molar-refractivity contribution in [2.75, 3.05) is 24.6 Å². The zero-order chi connectivity index (χ0) is 16.4. The molecule has 2 atom stereocenters. The van der Waals surface area contributed by atoms with Gasteiger partial charge in [-0.05, 0) is 56.5 Å². The number of piperidine rings is 1. The highest BCUT2D eigenvalue weighted by Gasteiger charge is 2.43. The Hall–Kier alpha value is -1.88. The van der Waals surface area contributed by atoms with Crippen LogP contribution < -0.4 is 9.64 Å². The molecule has 0 N–H and O–H groups in total. The van der Waals surface area contributed by atoms with Crippen LogP contribution >= 0.6 is 0 Å². The van der Waals surface area contributed by atoms with Gasteiger partial charge in [-0.25, -0.2) is 4.90 Å². The second-order valence-corrected chi connectivity index (χ2v) is 6.46. The van der Waals surface area contributed by atoms with Gasteiger partial charge in [0.15, 0.2) is 0 Å². The number of benzene rings is 1. The van der Waals surface area contributed by atoms with Gasteiger partial charge in [-0.2, -0.15) is 0 Å². The maximum absolute atomic E-state index is 12.8. The van der Waals surface area contributed by atoms with Gasteiger partial charge in [0.25, 0.3) is 5.91 Å². The standard InChI is InChI=1S/C18H24N2O3/c1-3-23-15-8-6-14(7-9-15)20-17(21)11-16(18(20)22)19-10-4-5-13(2)12-19/h6-9,13,16H,3-5,10-12H2,1-2H3/t13-,16+/m0/s1. The number of amides is 2. The van der Waals surface area contributed by atoms with E-state index in [4.69, 9.17) is 4.74 Å². The van der Waals surface area contributed by atoms with Crippen molar-refractivity contribution in [3.8, 4) is 5.75 Å². The summed E-state index contributed by atoms with van der Waals surface area (Å²) in [6.45, 7) is 6.53. The molecule has 1 aromatic carbocycles. The lowest BCUT2D eigenvalue weighted by atomic mass is 9.98. The SMILES string of the molecule is CCOc1ccc(N2C(=O)C[C@@H](N3CCC[C@H](C)C3)C2=O)cc1. The molecule has 0 spiro atoms. The molecule has 3 rings (SSSR count). The third-order valence-corrected chi connectivity index (χ3v) is 4.66. The van der Waals surface area contributed by atoms with Crippen LogP contribution in [0.2, 0.25) is 0 Å². The Bertz CT molecular complexity index is 584. The van der Waals surface area contributed by atoms with E-state index in [1.807, 2.05) is 6.92 Å². The summed E-state index contributed by atoms with van der Waals surface area (Å²) in [6, 6.07) is 6.87. The van der Waals surface area contributed by atoms with Crippen LogP contribution in [0.1, 0.15) is 33.1 Å². The van der Waals surface area contributed by atoms with E-state index in [0.29, 0.717) is 24.6 Å². The molecule has 0 bridgehead atoms. The van der Waals surface area contributed by atoms with Gasteiger partial charge < -0.3 is 4.74 Å². The lowest BCUT2D eigenvalue weighted by Gasteiger charge is -2.34. The Morgan fingerprint density at radius 2 is 1.96 bits per heavy atom. The van der Waals surface area contributed by atoms with Crippen LogP contribution in [-0.4, -0.2) is 42.5 Å². The first-order valence-corrected chi connectivity index (χ1v) is 8.44. The highest BCUT2D eigenvalue weighted by molar-refractivity contribution is 6.22. The Morgan fingerprint density at radius 3 is 2.61 bits per heavy atom. The fourth-order valence-electron chi connectivity index (χ4n) is 3.54. The molecule has 2 saturated heterocycles. The van der Waals surface area contributed by atoms with Crippen LogP contribution in [-0.2, 0) is 9.59 Å². The molecular weight excluding hydrogens is 292 g/mol. The quantitative estimate of drug-likeness (QED) is 0.801. The summed E-state index contributed by atoms with van der Waals surface area (Å²) in [4.78, 5) is 28.7. The molecular formula is C18H24N2O3. The van der Waals surface area contributed by atoms with Crippen molar-refractivity contribution in [3.05, 3.63) is 24.3 Å². The normalized spacial score (nSPS) is 25.9. The second kappa shape index (κ2) is 6.71. The lowest BCUT2D eigenvalue weighted by molar-refractivity contribution is -0.123. The van der Waals surface area contributed by atoms with Crippen molar-refractivity contribution in [3.63, 3.8) is 0 Å². The molecule has 2 aliphatic heterocycles. The molecule has 2 amide bonds. The molecule has 0 saturated carbocycles. The summed E-state index contributed by atoms with van der Waals surface area (Å²) in [5.74, 6) is 1.14. The average Bonchev–Trinajstić information content (AvgIpc) is 2.83. The molecule has 2 heterocycles. The van der Waals surface area contributed by atoms with E-state index in [1.54, 1.807) is 24.3 Å². The van der Waals surface area contributed by atoms with Crippen molar-refractivity contribution in [1.29, 1.82) is 0 Å². The van der Waals surface area contributed by atoms with Crippen LogP contribution in [0.4, 0.5) is 5.69 Å². The number of hydrogen-bond acceptors (Lipinski definition) is 4. The molecule has 0 aliphatic carbocycles. The molecule has 5 heteroatoms. The highest BCUT2D eigenvalue weighted by Crippen LogP contribution is 2.29. The summed E-state index contributed by atoms with van der Waals surface area (Å²) in [5.41, 5.74) is 0.635. The predicted molar refractivity (Wildman–Crippen MR) is 88.5 cm³/mol. The fraction of sp³-hybridized carbons (Fsp3) is 0.556. The molecule has 2 fully saturated rings. The monoisotopic (exact) mass is 316 g/mol. The van der Waals surface area contributed by atoms with E-state index >= 15 is 0 Å². The number of hydrogen-bond donors (Lipinski definition) is 0. The fourth-order valence-corrected chi connectivity index (χ4v) is 3.54. The van der Waals surface area contributed by atoms with Crippen molar-refractivity contribution in [2.24, 2.45) is 5.92 Å². The molecule has 0 aromatic heterocycles. The van der Waals surface area contributed by atoms with Gasteiger partial charge in [-0.3, -0.25) is 14.5 Å². The molecule has 124 valence electrons. The number of likely N-dealkylation sites (tertiary alicyclic amines) is 1. The number of anilines is 1. The van der Waals surface area contributed by atoms with Crippen LogP contribution in [0.15, 0.2) is 24.3 Å². The minimum absolute atomic E-state index is 0.0896. The third kappa shape index (κ3) is 3.24. The van der Waals surface area contributed by atoms with Gasteiger partial charge >= 0.3 is 0 Å². The highest BCUT2D eigenvalue weighted by atomic mass is 16.5. The van der Waals surface area contributed by atoms with Crippen LogP contribution in [0.3, 0.4) is 0 Å². The van der Waals surface area contributed by atoms with Gasteiger partial charge in [0.2, 0.25) is 5.91 Å². The van der Waals surface area contributed by atoms with Gasteiger partial charge in [-0.1, -0.05) is 6.92 Å². The number of carbonyl (C=O) groups is 2. The minimum atomic E-state index is -0.295. The van der Waals surface area contributed by atoms with Gasteiger partial charge in [0, 0.05) is 6.54 Å². The molecule has 0 radical (unpaired) electrons. The molecule has 5 nitrogen and oxygen atoms in total. The summed E-state index contributed by atoms with van der Waals surface area (Å²) >= 11 is 0. The number of carbonyl (C=O) groups excluding carboxylic acids is 2. The Labute approximate surface area is 137 Å². The zero-order valence-electron chi connectivity index (χ0n) is 13.8. The van der Waals surface area contributed by atoms with Crippen molar-refractivity contribution >= 4 is 17.5 Å². The molecule has 0 unspecified atom stereocenters. The summed E-state index contributed by atoms with van der Waals surface area (Å²) < 4.78 is 5.41. The number of rotatable bonds is 4. The average molecular weight is 316 g/mol. The zero-order valence-corrected chi connectivity index (χ0v) is 13.8. The summed E-state index contributed by atoms with van der Waals surface area (Å²) in [5, 5.41) is 0. The maximum Gasteiger partial charge on any atom is 0.251 e. The summed E-state index contributed by atoms with van der Waals surface area (Å²) in [6.07, 6.45) is 2.59. The van der Waals surface area contributed by atoms with Gasteiger partial charge in [0.05, 0.1) is 24.8 Å². The smallest absolute Gasteiger partial charge is 0.251 e. The summed E-state index contributed by atoms with van der Waals surface area (Å²) in [7, 11) is 0. The van der Waals surface area contributed by atoms with Crippen molar-refractivity contribution in [1.82, 2.24) is 4.90 Å². The molecule has 23 heavy (non-hydrogen) atoms. The van der Waals surface area contributed by atoms with Crippen molar-refractivity contribution < 1.29 is 14.3 Å². The van der Waals surface area contributed by atoms with E-state index in [2.05, 4.69) is 11.8 Å². The molecule has 2 aliphatic rings. The minimum Gasteiger partial charge on any atom is -0.494 e. The Balaban J connectivity index is 1.75. The van der Waals surface area contributed by atoms with Gasteiger partial charge in [-0.15, -0.1) is 0 Å². The van der Waals surface area contributed by atoms with E-state index < -0.39 is 0 Å². The first kappa shape index (κ1) is 16.0. The van der Waals surface area contributed by atoms with E-state index in [-0.39, 0.29) is 17.9 Å². The van der Waals surface area contributed by atoms with Crippen LogP contribution in [0.25, 0.3) is 0 Å². The first-order chi connectivity index (χ1) is 11.1. The predicted octanol–water partition coefficient (Wildman–Crippen LogP) is 2.45. The third-order valence-electron chi connectivity index (χ3n) is 4.66. The second-order valence-electron chi connectivity index (χ2n) is 6.46. The van der Waals surface area contributed by atoms with E-state index in [1.165, 1.54) is 11.3 Å². The van der Waals surface area contributed by atoms with Crippen LogP contribution in [0.5, 0.6) is 5.75 Å². The van der Waals surface area contributed by atoms with E-state index in [9.17, 15) is 9.59 Å². The number of ether oxygens (including phenoxy) is 1. The lowest BCUT2D eigenvalue weighted by Crippen LogP contribution is -2.46. The Morgan fingerprint density at radius 1 is 1.22 bits per heavy atom. The van der Waals surface area contributed by atoms with Gasteiger partial charge in [0.1, 0.15) is 5.75 Å². The maximum atomic E-state index is 12.8.